The molecule has 0 N–H and O–H groups in total. The Bertz CT molecular complexity index is 812. The van der Waals surface area contributed by atoms with E-state index in [0.29, 0.717) is 0 Å². The highest BCUT2D eigenvalue weighted by molar-refractivity contribution is 5.27. The van der Waals surface area contributed by atoms with E-state index < -0.39 is 11.9 Å². The van der Waals surface area contributed by atoms with Crippen LogP contribution in [0.15, 0.2) is 24.3 Å². The molecule has 1 aromatic carbocycles. The first kappa shape index (κ1) is 47.0. The van der Waals surface area contributed by atoms with Crippen LogP contribution in [-0.4, -0.2) is 48.6 Å². The van der Waals surface area contributed by atoms with Crippen molar-refractivity contribution in [3.8, 4) is 0 Å². The lowest BCUT2D eigenvalue weighted by Crippen LogP contribution is -2.44. The largest absolute Gasteiger partial charge is 0.325 e. The fourth-order valence-corrected chi connectivity index (χ4v) is 6.80. The lowest BCUT2D eigenvalue weighted by Gasteiger charge is -2.38. The third-order valence-corrected chi connectivity index (χ3v) is 8.47. The molecule has 0 unspecified atom stereocenters. The van der Waals surface area contributed by atoms with Crippen LogP contribution in [0.4, 0.5) is 0 Å². The van der Waals surface area contributed by atoms with Crippen molar-refractivity contribution in [2.75, 3.05) is 0 Å². The fourth-order valence-electron chi connectivity index (χ4n) is 6.80. The molecule has 0 saturated heterocycles. The summed E-state index contributed by atoms with van der Waals surface area (Å²) in [6.07, 6.45) is 21.6. The van der Waals surface area contributed by atoms with Gasteiger partial charge in [0.25, 0.3) is 11.9 Å². The molecule has 0 saturated carbocycles. The lowest BCUT2D eigenvalue weighted by atomic mass is 9.96. The smallest absolute Gasteiger partial charge is 0.283 e. The minimum absolute atomic E-state index is 0.0530. The average Bonchev–Trinajstić information content (AvgIpc) is 2.97. The Morgan fingerprint density at radius 2 is 0.560 bits per heavy atom. The highest BCUT2D eigenvalue weighted by atomic mass is 16.9. The molecule has 0 aromatic heterocycles. The summed E-state index contributed by atoms with van der Waals surface area (Å²) >= 11 is 0. The molecule has 0 aliphatic heterocycles. The zero-order valence-electron chi connectivity index (χ0n) is 35.0. The van der Waals surface area contributed by atoms with E-state index in [1.165, 1.54) is 89.9 Å². The number of unbranched alkanes of at least 4 members (excludes halogenated alkanes) is 12. The van der Waals surface area contributed by atoms with Crippen LogP contribution in [-0.2, 0) is 41.3 Å². The second-order valence-electron chi connectivity index (χ2n) is 16.1. The number of aryl methyl sites for hydroxylation is 2. The Morgan fingerprint density at radius 1 is 0.340 bits per heavy atom. The summed E-state index contributed by atoms with van der Waals surface area (Å²) in [6.45, 7) is 24.6. The summed E-state index contributed by atoms with van der Waals surface area (Å²) in [5.41, 5.74) is 3.12. The summed E-state index contributed by atoms with van der Waals surface area (Å²) < 4.78 is 37.2. The van der Waals surface area contributed by atoms with Crippen LogP contribution in [0.5, 0.6) is 0 Å². The van der Waals surface area contributed by atoms with Gasteiger partial charge in [0.2, 0.25) is 0 Å². The van der Waals surface area contributed by atoms with Gasteiger partial charge in [0, 0.05) is 12.8 Å². The minimum Gasteiger partial charge on any atom is -0.325 e. The predicted molar refractivity (Wildman–Crippen MR) is 211 cm³/mol. The second-order valence-corrected chi connectivity index (χ2v) is 16.1. The molecule has 0 spiro atoms. The van der Waals surface area contributed by atoms with Gasteiger partial charge >= 0.3 is 0 Å². The van der Waals surface area contributed by atoms with Crippen LogP contribution in [0.3, 0.4) is 0 Å². The SMILES string of the molecule is CC(C)OC(CCCCCCCCCc1ccccc1CCCCCCCCCC(OC(C)C)(OC(C)C)OC(C)C)(OC(C)C)OC(C)C. The Kier molecular flexibility index (Phi) is 25.1. The zero-order valence-corrected chi connectivity index (χ0v) is 35.0. The first-order valence-corrected chi connectivity index (χ1v) is 20.8. The third-order valence-electron chi connectivity index (χ3n) is 8.47. The van der Waals surface area contributed by atoms with E-state index in [1.54, 1.807) is 11.1 Å². The van der Waals surface area contributed by atoms with E-state index in [0.717, 1.165) is 25.7 Å². The average molecular weight is 707 g/mol. The molecule has 0 aliphatic rings. The predicted octanol–water partition coefficient (Wildman–Crippen LogP) is 12.9. The van der Waals surface area contributed by atoms with E-state index >= 15 is 0 Å². The number of benzene rings is 1. The van der Waals surface area contributed by atoms with Crippen LogP contribution in [0.2, 0.25) is 0 Å². The first-order valence-electron chi connectivity index (χ1n) is 20.8. The van der Waals surface area contributed by atoms with Crippen LogP contribution < -0.4 is 0 Å². The van der Waals surface area contributed by atoms with Crippen molar-refractivity contribution < 1.29 is 28.4 Å². The molecule has 0 fully saturated rings. The van der Waals surface area contributed by atoms with E-state index in [1.807, 2.05) is 83.1 Å². The second kappa shape index (κ2) is 26.7. The molecule has 0 bridgehead atoms. The van der Waals surface area contributed by atoms with Gasteiger partial charge in [-0.05, 0) is 133 Å². The Hall–Kier alpha value is -1.02. The van der Waals surface area contributed by atoms with Gasteiger partial charge in [0.1, 0.15) is 0 Å². The van der Waals surface area contributed by atoms with Crippen molar-refractivity contribution >= 4 is 0 Å². The Labute approximate surface area is 310 Å². The van der Waals surface area contributed by atoms with E-state index in [4.69, 9.17) is 28.4 Å². The monoisotopic (exact) mass is 707 g/mol. The summed E-state index contributed by atoms with van der Waals surface area (Å²) in [7, 11) is 0. The van der Waals surface area contributed by atoms with Crippen LogP contribution >= 0.6 is 0 Å². The molecule has 0 aliphatic carbocycles. The van der Waals surface area contributed by atoms with Crippen molar-refractivity contribution in [2.24, 2.45) is 0 Å². The molecule has 294 valence electrons. The molecule has 0 atom stereocenters. The standard InChI is InChI=1S/C44H82O6/c1-35(2)45-43(46-36(3)4,47-37(5)6)33-27-21-17-13-15-19-23-29-41-31-25-26-32-42(41)30-24-20-16-14-18-22-28-34-44(48-38(7)8,49-39(9)10)50-40(11)12/h25-26,31-32,35-40H,13-24,27-30,33-34H2,1-12H3. The highest BCUT2D eigenvalue weighted by Crippen LogP contribution is 2.30. The summed E-state index contributed by atoms with van der Waals surface area (Å²) in [4.78, 5) is 0. The van der Waals surface area contributed by atoms with Crippen molar-refractivity contribution in [3.63, 3.8) is 0 Å². The Balaban J connectivity index is 2.30. The van der Waals surface area contributed by atoms with Gasteiger partial charge < -0.3 is 28.4 Å². The molecule has 0 heterocycles. The topological polar surface area (TPSA) is 55.4 Å². The quantitative estimate of drug-likeness (QED) is 0.0549. The molecule has 6 heteroatoms. The summed E-state index contributed by atoms with van der Waals surface area (Å²) in [5, 5.41) is 0. The third kappa shape index (κ3) is 22.8. The number of hydrogen-bond donors (Lipinski definition) is 0. The molecule has 1 rings (SSSR count). The van der Waals surface area contributed by atoms with E-state index in [2.05, 4.69) is 24.3 Å². The van der Waals surface area contributed by atoms with Crippen molar-refractivity contribution in [2.45, 2.75) is 247 Å². The van der Waals surface area contributed by atoms with Gasteiger partial charge in [0.15, 0.2) is 0 Å². The van der Waals surface area contributed by atoms with Gasteiger partial charge in [0.05, 0.1) is 36.6 Å². The zero-order chi connectivity index (χ0) is 37.4. The fraction of sp³-hybridized carbons (Fsp3) is 0.864. The molecular formula is C44H82O6. The van der Waals surface area contributed by atoms with Crippen molar-refractivity contribution in [3.05, 3.63) is 35.4 Å². The maximum absolute atomic E-state index is 6.21. The minimum atomic E-state index is -0.937. The number of hydrogen-bond acceptors (Lipinski definition) is 6. The first-order chi connectivity index (χ1) is 23.7. The number of ether oxygens (including phenoxy) is 6. The van der Waals surface area contributed by atoms with Gasteiger partial charge in [-0.1, -0.05) is 88.5 Å². The van der Waals surface area contributed by atoms with Gasteiger partial charge in [-0.2, -0.15) is 0 Å². The highest BCUT2D eigenvalue weighted by Gasteiger charge is 2.37. The van der Waals surface area contributed by atoms with E-state index in [9.17, 15) is 0 Å². The number of rotatable bonds is 32. The van der Waals surface area contributed by atoms with Crippen molar-refractivity contribution in [1.82, 2.24) is 0 Å². The summed E-state index contributed by atoms with van der Waals surface area (Å²) in [6, 6.07) is 9.14. The van der Waals surface area contributed by atoms with Crippen LogP contribution in [0, 0.1) is 0 Å². The lowest BCUT2D eigenvalue weighted by molar-refractivity contribution is -0.412. The van der Waals surface area contributed by atoms with Gasteiger partial charge in [-0.3, -0.25) is 0 Å². The van der Waals surface area contributed by atoms with Crippen LogP contribution in [0.25, 0.3) is 0 Å². The van der Waals surface area contributed by atoms with Gasteiger partial charge in [-0.15, -0.1) is 0 Å². The summed E-state index contributed by atoms with van der Waals surface area (Å²) in [5.74, 6) is -1.87. The van der Waals surface area contributed by atoms with Gasteiger partial charge in [-0.25, -0.2) is 0 Å². The molecule has 0 amide bonds. The maximum atomic E-state index is 6.21. The normalized spacial score (nSPS) is 13.0. The molecule has 6 nitrogen and oxygen atoms in total. The molecule has 0 radical (unpaired) electrons. The Morgan fingerprint density at radius 3 is 0.800 bits per heavy atom. The van der Waals surface area contributed by atoms with Crippen LogP contribution in [0.1, 0.15) is 197 Å². The van der Waals surface area contributed by atoms with E-state index in [-0.39, 0.29) is 36.6 Å². The van der Waals surface area contributed by atoms with Crippen molar-refractivity contribution in [1.29, 1.82) is 0 Å². The molecule has 1 aromatic rings. The molecule has 50 heavy (non-hydrogen) atoms. The molecular weight excluding hydrogens is 624 g/mol. The maximum Gasteiger partial charge on any atom is 0.283 e.